The molecule has 3 heteroatoms. The monoisotopic (exact) mass is 251 g/mol. The number of nitrogens with zero attached hydrogens (tertiary/aromatic N) is 1. The average molecular weight is 251 g/mol. The summed E-state index contributed by atoms with van der Waals surface area (Å²) in [6.45, 7) is 5.31. The van der Waals surface area contributed by atoms with Crippen LogP contribution in [-0.4, -0.2) is 17.6 Å². The Morgan fingerprint density at radius 3 is 2.67 bits per heavy atom. The summed E-state index contributed by atoms with van der Waals surface area (Å²) in [5.74, 6) is -0.221. The topological polar surface area (TPSA) is 31.2 Å². The van der Waals surface area contributed by atoms with Crippen molar-refractivity contribution in [2.45, 2.75) is 58.4 Å². The highest BCUT2D eigenvalue weighted by molar-refractivity contribution is 5.77. The minimum Gasteiger partial charge on any atom is -0.469 e. The Balaban J connectivity index is 2.83. The number of aryl methyl sites for hydroxylation is 1. The molecule has 1 aromatic heterocycles. The number of unbranched alkanes of at least 4 members (excludes halogenated alkanes) is 2. The first-order chi connectivity index (χ1) is 8.74. The number of hydrogen-bond donors (Lipinski definition) is 0. The summed E-state index contributed by atoms with van der Waals surface area (Å²) in [5, 5.41) is 0. The van der Waals surface area contributed by atoms with E-state index in [4.69, 9.17) is 4.74 Å². The molecular formula is C15H25NO2. The number of carbonyl (C=O) groups is 1. The van der Waals surface area contributed by atoms with E-state index in [-0.39, 0.29) is 11.9 Å². The summed E-state index contributed by atoms with van der Waals surface area (Å²) >= 11 is 0. The van der Waals surface area contributed by atoms with Crippen LogP contribution in [0.25, 0.3) is 0 Å². The van der Waals surface area contributed by atoms with E-state index in [1.54, 1.807) is 0 Å². The third kappa shape index (κ3) is 3.90. The molecule has 0 saturated heterocycles. The van der Waals surface area contributed by atoms with E-state index in [0.717, 1.165) is 44.3 Å². The fourth-order valence-corrected chi connectivity index (χ4v) is 2.21. The molecule has 1 heterocycles. The maximum atomic E-state index is 11.9. The van der Waals surface area contributed by atoms with Gasteiger partial charge in [0.05, 0.1) is 13.0 Å². The lowest BCUT2D eigenvalue weighted by atomic mass is 9.98. The third-order valence-electron chi connectivity index (χ3n) is 3.31. The normalized spacial score (nSPS) is 12.4. The van der Waals surface area contributed by atoms with Crippen LogP contribution in [-0.2, 0) is 16.1 Å². The minimum atomic E-state index is -0.111. The second kappa shape index (κ2) is 7.96. The van der Waals surface area contributed by atoms with Crippen molar-refractivity contribution >= 4 is 5.97 Å². The lowest BCUT2D eigenvalue weighted by Crippen LogP contribution is -2.18. The van der Waals surface area contributed by atoms with E-state index in [1.807, 2.05) is 12.1 Å². The van der Waals surface area contributed by atoms with Gasteiger partial charge in [0.1, 0.15) is 0 Å². The molecule has 102 valence electrons. The van der Waals surface area contributed by atoms with Crippen molar-refractivity contribution in [2.75, 3.05) is 7.11 Å². The van der Waals surface area contributed by atoms with Gasteiger partial charge in [0.15, 0.2) is 0 Å². The zero-order chi connectivity index (χ0) is 13.4. The molecule has 0 aliphatic heterocycles. The van der Waals surface area contributed by atoms with Gasteiger partial charge in [-0.2, -0.15) is 0 Å². The van der Waals surface area contributed by atoms with Gasteiger partial charge in [-0.1, -0.05) is 33.1 Å². The van der Waals surface area contributed by atoms with Gasteiger partial charge in [0, 0.05) is 18.4 Å². The molecule has 18 heavy (non-hydrogen) atoms. The van der Waals surface area contributed by atoms with Crippen LogP contribution >= 0.6 is 0 Å². The Bertz CT molecular complexity index is 357. The predicted molar refractivity (Wildman–Crippen MR) is 73.6 cm³/mol. The van der Waals surface area contributed by atoms with E-state index in [0.29, 0.717) is 0 Å². The highest BCUT2D eigenvalue weighted by Crippen LogP contribution is 2.24. The lowest BCUT2D eigenvalue weighted by molar-refractivity contribution is -0.142. The number of aromatic nitrogens is 1. The van der Waals surface area contributed by atoms with E-state index in [9.17, 15) is 4.79 Å². The van der Waals surface area contributed by atoms with E-state index >= 15 is 0 Å². The molecule has 0 amide bonds. The van der Waals surface area contributed by atoms with E-state index in [2.05, 4.69) is 24.6 Å². The summed E-state index contributed by atoms with van der Waals surface area (Å²) in [5.41, 5.74) is 1.10. The van der Waals surface area contributed by atoms with E-state index in [1.165, 1.54) is 7.11 Å². The average Bonchev–Trinajstić information content (AvgIpc) is 2.84. The maximum absolute atomic E-state index is 11.9. The molecule has 0 aliphatic rings. The van der Waals surface area contributed by atoms with Gasteiger partial charge >= 0.3 is 5.97 Å². The maximum Gasteiger partial charge on any atom is 0.314 e. The van der Waals surface area contributed by atoms with Gasteiger partial charge in [-0.05, 0) is 25.0 Å². The van der Waals surface area contributed by atoms with Crippen LogP contribution in [0.3, 0.4) is 0 Å². The number of carbonyl (C=O) groups excluding carboxylic acids is 1. The smallest absolute Gasteiger partial charge is 0.314 e. The largest absolute Gasteiger partial charge is 0.469 e. The van der Waals surface area contributed by atoms with Crippen LogP contribution in [0.4, 0.5) is 0 Å². The number of methoxy groups -OCH3 is 1. The van der Waals surface area contributed by atoms with Crippen LogP contribution in [0.15, 0.2) is 18.3 Å². The number of ether oxygens (including phenoxy) is 1. The molecule has 0 bridgehead atoms. The first-order valence-electron chi connectivity index (χ1n) is 6.97. The fraction of sp³-hybridized carbons (Fsp3) is 0.667. The molecule has 1 rings (SSSR count). The van der Waals surface area contributed by atoms with Crippen LogP contribution in [0.1, 0.15) is 57.6 Å². The molecule has 0 fully saturated rings. The zero-order valence-corrected chi connectivity index (χ0v) is 11.8. The summed E-state index contributed by atoms with van der Waals surface area (Å²) in [7, 11) is 1.47. The predicted octanol–water partition coefficient (Wildman–Crippen LogP) is 3.74. The molecule has 1 unspecified atom stereocenters. The first kappa shape index (κ1) is 14.8. The van der Waals surface area contributed by atoms with Gasteiger partial charge in [-0.15, -0.1) is 0 Å². The Labute approximate surface area is 110 Å². The summed E-state index contributed by atoms with van der Waals surface area (Å²) in [4.78, 5) is 11.9. The molecule has 0 spiro atoms. The number of rotatable bonds is 8. The van der Waals surface area contributed by atoms with Crippen LogP contribution in [0, 0.1) is 0 Å². The van der Waals surface area contributed by atoms with Crippen molar-refractivity contribution in [3.05, 3.63) is 24.0 Å². The van der Waals surface area contributed by atoms with Crippen LogP contribution in [0.5, 0.6) is 0 Å². The van der Waals surface area contributed by atoms with Gasteiger partial charge in [0.25, 0.3) is 0 Å². The minimum absolute atomic E-state index is 0.109. The van der Waals surface area contributed by atoms with Gasteiger partial charge in [-0.25, -0.2) is 0 Å². The van der Waals surface area contributed by atoms with Crippen molar-refractivity contribution in [1.82, 2.24) is 4.57 Å². The second-order valence-electron chi connectivity index (χ2n) is 4.70. The molecule has 1 aromatic rings. The number of hydrogen-bond acceptors (Lipinski definition) is 2. The van der Waals surface area contributed by atoms with E-state index < -0.39 is 0 Å². The molecule has 0 aliphatic carbocycles. The second-order valence-corrected chi connectivity index (χ2v) is 4.70. The van der Waals surface area contributed by atoms with Crippen molar-refractivity contribution in [2.24, 2.45) is 0 Å². The Morgan fingerprint density at radius 2 is 2.06 bits per heavy atom. The molecule has 0 aromatic carbocycles. The Morgan fingerprint density at radius 1 is 1.33 bits per heavy atom. The van der Waals surface area contributed by atoms with Crippen LogP contribution in [0.2, 0.25) is 0 Å². The SMILES string of the molecule is CCCCC(C(=O)OC)c1cccn1CCCC. The molecule has 0 radical (unpaired) electrons. The molecule has 0 N–H and O–H groups in total. The highest BCUT2D eigenvalue weighted by Gasteiger charge is 2.23. The Kier molecular flexibility index (Phi) is 6.55. The summed E-state index contributed by atoms with van der Waals surface area (Å²) in [6, 6.07) is 4.07. The zero-order valence-electron chi connectivity index (χ0n) is 11.8. The first-order valence-corrected chi connectivity index (χ1v) is 6.97. The van der Waals surface area contributed by atoms with Gasteiger partial charge < -0.3 is 9.30 Å². The molecule has 3 nitrogen and oxygen atoms in total. The summed E-state index contributed by atoms with van der Waals surface area (Å²) in [6.07, 6.45) is 7.40. The van der Waals surface area contributed by atoms with Crippen molar-refractivity contribution in [3.63, 3.8) is 0 Å². The molecular weight excluding hydrogens is 226 g/mol. The fourth-order valence-electron chi connectivity index (χ4n) is 2.21. The standard InChI is InChI=1S/C15H25NO2/c1-4-6-9-13(15(17)18-3)14-10-8-12-16(14)11-7-5-2/h8,10,12-13H,4-7,9,11H2,1-3H3. The molecule has 1 atom stereocenters. The number of esters is 1. The summed E-state index contributed by atoms with van der Waals surface area (Å²) < 4.78 is 7.14. The Hall–Kier alpha value is -1.25. The molecule has 0 saturated carbocycles. The quantitative estimate of drug-likeness (QED) is 0.659. The van der Waals surface area contributed by atoms with Crippen molar-refractivity contribution in [1.29, 1.82) is 0 Å². The lowest BCUT2D eigenvalue weighted by Gasteiger charge is -2.17. The third-order valence-corrected chi connectivity index (χ3v) is 3.31. The van der Waals surface area contributed by atoms with Gasteiger partial charge in [-0.3, -0.25) is 4.79 Å². The van der Waals surface area contributed by atoms with Crippen LogP contribution < -0.4 is 0 Å². The highest BCUT2D eigenvalue weighted by atomic mass is 16.5. The van der Waals surface area contributed by atoms with Crippen molar-refractivity contribution in [3.8, 4) is 0 Å². The van der Waals surface area contributed by atoms with Crippen molar-refractivity contribution < 1.29 is 9.53 Å². The van der Waals surface area contributed by atoms with Gasteiger partial charge in [0.2, 0.25) is 0 Å².